The third kappa shape index (κ3) is 3.42. The highest BCUT2D eigenvalue weighted by molar-refractivity contribution is 5.99. The van der Waals surface area contributed by atoms with Crippen LogP contribution in [0.4, 0.5) is 5.69 Å². The Morgan fingerprint density at radius 1 is 0.919 bits per heavy atom. The Morgan fingerprint density at radius 2 is 1.68 bits per heavy atom. The van der Waals surface area contributed by atoms with Crippen molar-refractivity contribution in [2.45, 2.75) is 19.9 Å². The van der Waals surface area contributed by atoms with Crippen LogP contribution in [0.25, 0.3) is 27.8 Å². The molecule has 0 spiro atoms. The van der Waals surface area contributed by atoms with Gasteiger partial charge in [0.2, 0.25) is 0 Å². The van der Waals surface area contributed by atoms with Crippen molar-refractivity contribution in [1.29, 1.82) is 0 Å². The SMILES string of the molecule is CCOc1ccc([C@H]2Nc3ccccc3-n3c(-c4cccc(C)c4)c4c(=O)n(C)c(=O)n(C)c4c32)cc1. The van der Waals surface area contributed by atoms with Crippen LogP contribution in [0.15, 0.2) is 82.4 Å². The van der Waals surface area contributed by atoms with Crippen LogP contribution in [0, 0.1) is 6.92 Å². The minimum absolute atomic E-state index is 0.302. The van der Waals surface area contributed by atoms with E-state index in [-0.39, 0.29) is 17.3 Å². The van der Waals surface area contributed by atoms with Gasteiger partial charge in [-0.25, -0.2) is 4.79 Å². The Bertz CT molecular complexity index is 1790. The lowest BCUT2D eigenvalue weighted by atomic mass is 9.99. The highest BCUT2D eigenvalue weighted by Crippen LogP contribution is 2.45. The molecule has 7 nitrogen and oxygen atoms in total. The molecule has 0 unspecified atom stereocenters. The van der Waals surface area contributed by atoms with Crippen molar-refractivity contribution in [2.24, 2.45) is 14.1 Å². The van der Waals surface area contributed by atoms with Gasteiger partial charge in [0.1, 0.15) is 5.75 Å². The van der Waals surface area contributed by atoms with Gasteiger partial charge < -0.3 is 14.6 Å². The summed E-state index contributed by atoms with van der Waals surface area (Å²) in [5, 5.41) is 4.21. The van der Waals surface area contributed by atoms with E-state index in [1.807, 2.05) is 80.6 Å². The first kappa shape index (κ1) is 22.9. The quantitative estimate of drug-likeness (QED) is 0.387. The summed E-state index contributed by atoms with van der Waals surface area (Å²) in [6, 6.07) is 23.9. The molecule has 3 aromatic carbocycles. The first-order chi connectivity index (χ1) is 17.9. The predicted octanol–water partition coefficient (Wildman–Crippen LogP) is 4.92. The summed E-state index contributed by atoms with van der Waals surface area (Å²) in [6.07, 6.45) is 0. The Hall–Kier alpha value is -4.52. The first-order valence-corrected chi connectivity index (χ1v) is 12.4. The molecule has 1 N–H and O–H groups in total. The van der Waals surface area contributed by atoms with Crippen LogP contribution in [0.2, 0.25) is 0 Å². The van der Waals surface area contributed by atoms with Crippen LogP contribution in [0.5, 0.6) is 5.75 Å². The van der Waals surface area contributed by atoms with Gasteiger partial charge >= 0.3 is 5.69 Å². The van der Waals surface area contributed by atoms with Crippen LogP contribution < -0.4 is 21.3 Å². The minimum Gasteiger partial charge on any atom is -0.494 e. The maximum absolute atomic E-state index is 13.8. The number of nitrogens with zero attached hydrogens (tertiary/aromatic N) is 3. The summed E-state index contributed by atoms with van der Waals surface area (Å²) in [4.78, 5) is 26.9. The monoisotopic (exact) mass is 492 g/mol. The largest absolute Gasteiger partial charge is 0.494 e. The van der Waals surface area contributed by atoms with Crippen molar-refractivity contribution >= 4 is 16.6 Å². The molecule has 0 saturated heterocycles. The van der Waals surface area contributed by atoms with Gasteiger partial charge in [0.05, 0.1) is 46.3 Å². The van der Waals surface area contributed by atoms with Crippen molar-refractivity contribution in [3.8, 4) is 22.7 Å². The Balaban J connectivity index is 1.79. The van der Waals surface area contributed by atoms with E-state index in [0.29, 0.717) is 17.5 Å². The number of hydrogen-bond acceptors (Lipinski definition) is 4. The van der Waals surface area contributed by atoms with Crippen molar-refractivity contribution in [3.63, 3.8) is 0 Å². The van der Waals surface area contributed by atoms with Crippen LogP contribution in [-0.2, 0) is 14.1 Å². The number of benzene rings is 3. The number of aryl methyl sites for hydroxylation is 2. The van der Waals surface area contributed by atoms with E-state index in [0.717, 1.165) is 45.2 Å². The van der Waals surface area contributed by atoms with Crippen molar-refractivity contribution in [1.82, 2.24) is 13.7 Å². The second-order valence-electron chi connectivity index (χ2n) is 9.46. The van der Waals surface area contributed by atoms with Crippen molar-refractivity contribution < 1.29 is 4.74 Å². The van der Waals surface area contributed by atoms with Crippen LogP contribution >= 0.6 is 0 Å². The molecule has 0 saturated carbocycles. The van der Waals surface area contributed by atoms with Gasteiger partial charge in [0, 0.05) is 14.1 Å². The molecule has 0 aliphatic carbocycles. The van der Waals surface area contributed by atoms with E-state index in [2.05, 4.69) is 16.0 Å². The standard InChI is InChI=1S/C30H28N4O3/c1-5-37-21-15-13-19(14-16-21)25-28-27-24(29(35)33(4)30(36)32(27)3)26(20-10-8-9-18(2)17-20)34(28)23-12-7-6-11-22(23)31-25/h6-17,25,31H,5H2,1-4H3/t25-/m1/s1. The fourth-order valence-corrected chi connectivity index (χ4v) is 5.46. The summed E-state index contributed by atoms with van der Waals surface area (Å²) >= 11 is 0. The molecular weight excluding hydrogens is 464 g/mol. The fourth-order valence-electron chi connectivity index (χ4n) is 5.46. The molecule has 7 heteroatoms. The molecule has 1 atom stereocenters. The fraction of sp³-hybridized carbons (Fsp3) is 0.200. The normalized spacial score (nSPS) is 14.2. The smallest absolute Gasteiger partial charge is 0.331 e. The molecular formula is C30H28N4O3. The summed E-state index contributed by atoms with van der Waals surface area (Å²) in [5.74, 6) is 0.796. The van der Waals surface area contributed by atoms with Gasteiger partial charge in [-0.15, -0.1) is 0 Å². The van der Waals surface area contributed by atoms with Gasteiger partial charge in [-0.2, -0.15) is 0 Å². The number of para-hydroxylation sites is 2. The predicted molar refractivity (Wildman–Crippen MR) is 147 cm³/mol. The number of aromatic nitrogens is 3. The van der Waals surface area contributed by atoms with E-state index in [1.165, 1.54) is 11.6 Å². The molecule has 0 bridgehead atoms. The molecule has 6 rings (SSSR count). The molecule has 0 amide bonds. The third-order valence-corrected chi connectivity index (χ3v) is 7.14. The molecule has 1 aliphatic heterocycles. The van der Waals surface area contributed by atoms with Crippen molar-refractivity contribution in [3.05, 3.63) is 110 Å². The Kier molecular flexibility index (Phi) is 5.30. The lowest BCUT2D eigenvalue weighted by Crippen LogP contribution is -2.37. The average molecular weight is 493 g/mol. The number of nitrogens with one attached hydrogen (secondary N) is 1. The van der Waals surface area contributed by atoms with Gasteiger partial charge in [-0.3, -0.25) is 13.9 Å². The summed E-state index contributed by atoms with van der Waals surface area (Å²) in [6.45, 7) is 4.59. The highest BCUT2D eigenvalue weighted by Gasteiger charge is 2.34. The molecule has 37 heavy (non-hydrogen) atoms. The topological polar surface area (TPSA) is 70.2 Å². The van der Waals surface area contributed by atoms with E-state index in [9.17, 15) is 9.59 Å². The molecule has 186 valence electrons. The zero-order valence-electron chi connectivity index (χ0n) is 21.3. The molecule has 3 heterocycles. The van der Waals surface area contributed by atoms with Crippen LogP contribution in [0.1, 0.15) is 29.8 Å². The molecule has 5 aromatic rings. The van der Waals surface area contributed by atoms with Crippen LogP contribution in [-0.4, -0.2) is 20.3 Å². The molecule has 1 aliphatic rings. The van der Waals surface area contributed by atoms with E-state index < -0.39 is 0 Å². The second kappa shape index (κ2) is 8.55. The summed E-state index contributed by atoms with van der Waals surface area (Å²) in [5.41, 5.74) is 6.51. The average Bonchev–Trinajstić information content (AvgIpc) is 3.28. The van der Waals surface area contributed by atoms with E-state index >= 15 is 0 Å². The number of fused-ring (bicyclic) bond motifs is 5. The maximum atomic E-state index is 13.8. The lowest BCUT2D eigenvalue weighted by Gasteiger charge is -2.31. The van der Waals surface area contributed by atoms with Crippen molar-refractivity contribution in [2.75, 3.05) is 11.9 Å². The maximum Gasteiger partial charge on any atom is 0.331 e. The number of anilines is 1. The number of hydrogen-bond donors (Lipinski definition) is 1. The number of ether oxygens (including phenoxy) is 1. The van der Waals surface area contributed by atoms with E-state index in [1.54, 1.807) is 11.6 Å². The zero-order chi connectivity index (χ0) is 25.8. The molecule has 0 fully saturated rings. The molecule has 2 aromatic heterocycles. The van der Waals surface area contributed by atoms with Gasteiger partial charge in [0.25, 0.3) is 5.56 Å². The third-order valence-electron chi connectivity index (χ3n) is 7.14. The zero-order valence-corrected chi connectivity index (χ0v) is 21.3. The van der Waals surface area contributed by atoms with Crippen LogP contribution in [0.3, 0.4) is 0 Å². The summed E-state index contributed by atoms with van der Waals surface area (Å²) in [7, 11) is 3.28. The van der Waals surface area contributed by atoms with E-state index in [4.69, 9.17) is 4.74 Å². The van der Waals surface area contributed by atoms with Gasteiger partial charge in [-0.1, -0.05) is 48.0 Å². The van der Waals surface area contributed by atoms with Gasteiger partial charge in [-0.05, 0) is 55.3 Å². The Morgan fingerprint density at radius 3 is 2.41 bits per heavy atom. The lowest BCUT2D eigenvalue weighted by molar-refractivity contribution is 0.340. The molecule has 0 radical (unpaired) electrons. The van der Waals surface area contributed by atoms with Gasteiger partial charge in [0.15, 0.2) is 0 Å². The second-order valence-corrected chi connectivity index (χ2v) is 9.46. The minimum atomic E-state index is -0.356. The number of rotatable bonds is 4. The first-order valence-electron chi connectivity index (χ1n) is 12.4. The Labute approximate surface area is 214 Å². The summed E-state index contributed by atoms with van der Waals surface area (Å²) < 4.78 is 10.6. The highest BCUT2D eigenvalue weighted by atomic mass is 16.5.